The third kappa shape index (κ3) is 8.92. The molecule has 0 amide bonds. The van der Waals surface area contributed by atoms with Crippen LogP contribution >= 0.6 is 20.3 Å². The number of imidazole rings is 1. The van der Waals surface area contributed by atoms with Crippen molar-refractivity contribution in [2.75, 3.05) is 47.3 Å². The molecule has 0 radical (unpaired) electrons. The van der Waals surface area contributed by atoms with Crippen LogP contribution < -0.4 is 15.0 Å². The first-order valence-electron chi connectivity index (χ1n) is 20.1. The molecule has 7 rings (SSSR count). The normalized spacial score (nSPS) is 20.6. The van der Waals surface area contributed by atoms with Crippen LogP contribution in [0, 0.1) is 11.3 Å². The van der Waals surface area contributed by atoms with Crippen molar-refractivity contribution < 1.29 is 28.0 Å². The lowest BCUT2D eigenvalue weighted by atomic mass is 9.84. The van der Waals surface area contributed by atoms with Crippen LogP contribution in [0.15, 0.2) is 95.0 Å². The van der Waals surface area contributed by atoms with Crippen LogP contribution in [0.1, 0.15) is 57.0 Å². The van der Waals surface area contributed by atoms with Crippen molar-refractivity contribution >= 4 is 43.7 Å². The van der Waals surface area contributed by atoms with E-state index in [4.69, 9.17) is 33.0 Å². The van der Waals surface area contributed by atoms with E-state index in [9.17, 15) is 10.1 Å². The number of nitrogens with zero attached hydrogens (tertiary/aromatic N) is 7. The highest BCUT2D eigenvalue weighted by molar-refractivity contribution is 8.00. The molecule has 2 saturated heterocycles. The molecule has 2 aromatic heterocycles. The Labute approximate surface area is 362 Å². The molecule has 61 heavy (non-hydrogen) atoms. The molecule has 2 bridgehead atoms. The van der Waals surface area contributed by atoms with Crippen LogP contribution in [-0.2, 0) is 23.3 Å². The van der Waals surface area contributed by atoms with Gasteiger partial charge < -0.3 is 32.9 Å². The zero-order chi connectivity index (χ0) is 43.3. The van der Waals surface area contributed by atoms with Gasteiger partial charge in [0.2, 0.25) is 5.95 Å². The predicted octanol–water partition coefficient (Wildman–Crippen LogP) is 7.41. The van der Waals surface area contributed by atoms with Crippen LogP contribution in [0.5, 0.6) is 11.5 Å². The fourth-order valence-corrected chi connectivity index (χ4v) is 11.4. The summed E-state index contributed by atoms with van der Waals surface area (Å²) in [6.07, 6.45) is 1.21. The first-order valence-corrected chi connectivity index (χ1v) is 22.3. The highest BCUT2D eigenvalue weighted by Gasteiger charge is 2.65. The number of benzene rings is 3. The van der Waals surface area contributed by atoms with Crippen LogP contribution in [-0.4, -0.2) is 113 Å². The maximum Gasteiger partial charge on any atom is 0.280 e. The van der Waals surface area contributed by atoms with Crippen molar-refractivity contribution in [3.63, 3.8) is 0 Å². The number of nitriles is 1. The van der Waals surface area contributed by atoms with Gasteiger partial charge in [0.15, 0.2) is 17.4 Å². The minimum absolute atomic E-state index is 0.0562. The topological polar surface area (TPSA) is 162 Å². The lowest BCUT2D eigenvalue weighted by Gasteiger charge is -2.41. The summed E-state index contributed by atoms with van der Waals surface area (Å²) in [5, 5.41) is 9.48. The van der Waals surface area contributed by atoms with Crippen LogP contribution in [0.3, 0.4) is 0 Å². The second-order valence-electron chi connectivity index (χ2n) is 15.6. The van der Waals surface area contributed by atoms with Crippen molar-refractivity contribution in [3.8, 4) is 17.6 Å². The Kier molecular flexibility index (Phi) is 13.8. The minimum atomic E-state index is -1.72. The lowest BCUT2D eigenvalue weighted by Crippen LogP contribution is -2.46. The number of hydrogen-bond donors (Lipinski definition) is 1. The largest absolute Gasteiger partial charge is 0.497 e. The average molecular weight is 869 g/mol. The number of ether oxygens (including phenoxy) is 4. The SMILES string of the molecule is COc1ccc(C(SCC23COC(C(n4cnc5c(=O)[nH]c(N=CN(C)C)nc54)O2)C3OP(OCCC#N)N(C(C)C)C(C)C)(c2ccccc2)c2ccc(OC)cc2)cc1. The Morgan fingerprint density at radius 3 is 2.21 bits per heavy atom. The van der Waals surface area contributed by atoms with Crippen molar-refractivity contribution in [3.05, 3.63) is 112 Å². The van der Waals surface area contributed by atoms with Gasteiger partial charge in [-0.05, 0) is 68.7 Å². The predicted molar refractivity (Wildman–Crippen MR) is 237 cm³/mol. The molecule has 4 heterocycles. The Balaban J connectivity index is 1.37. The van der Waals surface area contributed by atoms with E-state index in [2.05, 4.69) is 89.8 Å². The monoisotopic (exact) mass is 868 g/mol. The van der Waals surface area contributed by atoms with Gasteiger partial charge in [-0.25, -0.2) is 14.6 Å². The van der Waals surface area contributed by atoms with Gasteiger partial charge in [-0.2, -0.15) is 10.2 Å². The molecule has 5 aromatic rings. The van der Waals surface area contributed by atoms with Crippen LogP contribution in [0.4, 0.5) is 5.95 Å². The smallest absolute Gasteiger partial charge is 0.280 e. The van der Waals surface area contributed by atoms with E-state index in [1.807, 2.05) is 56.6 Å². The summed E-state index contributed by atoms with van der Waals surface area (Å²) in [5.74, 6) is 2.00. The first-order chi connectivity index (χ1) is 29.4. The summed E-state index contributed by atoms with van der Waals surface area (Å²) >= 11 is 1.72. The number of methoxy groups -OCH3 is 2. The molecule has 5 unspecified atom stereocenters. The zero-order valence-corrected chi connectivity index (χ0v) is 37.4. The third-order valence-corrected chi connectivity index (χ3v) is 14.5. The summed E-state index contributed by atoms with van der Waals surface area (Å²) in [6, 6.07) is 29.0. The van der Waals surface area contributed by atoms with Crippen LogP contribution in [0.2, 0.25) is 0 Å². The highest BCUT2D eigenvalue weighted by Crippen LogP contribution is 2.58. The second kappa shape index (κ2) is 19.0. The second-order valence-corrected chi connectivity index (χ2v) is 18.2. The van der Waals surface area contributed by atoms with Gasteiger partial charge in [-0.3, -0.25) is 14.3 Å². The summed E-state index contributed by atoms with van der Waals surface area (Å²) in [7, 11) is 5.26. The standard InChI is InChI=1S/C44H53N8O7PS/c1-29(2)52(30(3)4)60(57-24-12-23-45)59-38-37-41(51-28-46-36-39(51)48-42(49-40(36)53)47-27-50(5)6)58-43(38,25-56-37)26-61-44(31-13-10-9-11-14-31,32-15-19-34(54-7)20-16-32)33-17-21-35(55-8)22-18-33/h9-11,13-22,27-30,37-38,41H,12,24-26H2,1-8H3,(H,48,49,53). The van der Waals surface area contributed by atoms with Gasteiger partial charge in [0.1, 0.15) is 29.3 Å². The van der Waals surface area contributed by atoms with E-state index in [0.717, 1.165) is 28.2 Å². The Morgan fingerprint density at radius 1 is 1.02 bits per heavy atom. The van der Waals surface area contributed by atoms with Gasteiger partial charge in [-0.1, -0.05) is 54.6 Å². The van der Waals surface area contributed by atoms with Crippen LogP contribution in [0.25, 0.3) is 11.2 Å². The number of thioether (sulfide) groups is 1. The average Bonchev–Trinajstić information content (AvgIpc) is 3.93. The molecule has 3 aromatic carbocycles. The van der Waals surface area contributed by atoms with Gasteiger partial charge in [-0.15, -0.1) is 11.8 Å². The van der Waals surface area contributed by atoms with Crippen molar-refractivity contribution in [2.45, 2.75) is 75.0 Å². The number of nitrogens with one attached hydrogen (secondary N) is 1. The fourth-order valence-electron chi connectivity index (χ4n) is 7.90. The zero-order valence-electron chi connectivity index (χ0n) is 35.7. The summed E-state index contributed by atoms with van der Waals surface area (Å²) in [6.45, 7) is 8.83. The van der Waals surface area contributed by atoms with Crippen molar-refractivity contribution in [2.24, 2.45) is 4.99 Å². The first kappa shape index (κ1) is 44.2. The van der Waals surface area contributed by atoms with Gasteiger partial charge >= 0.3 is 0 Å². The highest BCUT2D eigenvalue weighted by atomic mass is 32.2. The number of aliphatic imine (C=N–C) groups is 1. The van der Waals surface area contributed by atoms with Crippen molar-refractivity contribution in [1.29, 1.82) is 5.26 Å². The Morgan fingerprint density at radius 2 is 1.64 bits per heavy atom. The van der Waals surface area contributed by atoms with E-state index >= 15 is 0 Å². The number of fused-ring (bicyclic) bond motifs is 3. The molecule has 2 fully saturated rings. The fraction of sp³-hybridized carbons (Fsp3) is 0.432. The van der Waals surface area contributed by atoms with Gasteiger partial charge in [0, 0.05) is 31.9 Å². The van der Waals surface area contributed by atoms with Gasteiger partial charge in [0.25, 0.3) is 14.1 Å². The number of H-pyrrole nitrogens is 1. The van der Waals surface area contributed by atoms with E-state index in [1.54, 1.807) is 48.1 Å². The number of aromatic amines is 1. The van der Waals surface area contributed by atoms with Gasteiger partial charge in [0.05, 0.1) is 57.3 Å². The summed E-state index contributed by atoms with van der Waals surface area (Å²) < 4.78 is 42.1. The molecule has 5 atom stereocenters. The Bertz CT molecular complexity index is 2320. The quantitative estimate of drug-likeness (QED) is 0.0288. The Hall–Kier alpha value is -4.85. The van der Waals surface area contributed by atoms with E-state index in [-0.39, 0.29) is 43.2 Å². The maximum atomic E-state index is 13.3. The van der Waals surface area contributed by atoms with Crippen molar-refractivity contribution in [1.82, 2.24) is 29.1 Å². The summed E-state index contributed by atoms with van der Waals surface area (Å²) in [5.41, 5.74) is 2.06. The lowest BCUT2D eigenvalue weighted by molar-refractivity contribution is -0.162. The van der Waals surface area contributed by atoms with E-state index in [0.29, 0.717) is 11.4 Å². The summed E-state index contributed by atoms with van der Waals surface area (Å²) in [4.78, 5) is 31.3. The molecule has 0 spiro atoms. The number of rotatable bonds is 19. The minimum Gasteiger partial charge on any atom is -0.497 e. The molecular formula is C44H53N8O7PS. The molecule has 0 aliphatic carbocycles. The molecule has 0 saturated carbocycles. The maximum absolute atomic E-state index is 13.3. The van der Waals surface area contributed by atoms with E-state index in [1.165, 1.54) is 0 Å². The molecule has 17 heteroatoms. The molecule has 1 N–H and O–H groups in total. The molecule has 2 aliphatic heterocycles. The van der Waals surface area contributed by atoms with E-state index < -0.39 is 42.9 Å². The molecule has 15 nitrogen and oxygen atoms in total. The third-order valence-electron chi connectivity index (χ3n) is 10.7. The molecular weight excluding hydrogens is 816 g/mol. The number of aromatic nitrogens is 4. The number of hydrogen-bond acceptors (Lipinski definition) is 13. The molecule has 2 aliphatic rings. The molecule has 322 valence electrons.